The molecule has 0 amide bonds. The molecule has 0 saturated heterocycles. The van der Waals surface area contributed by atoms with Crippen molar-refractivity contribution >= 4 is 17.4 Å². The Morgan fingerprint density at radius 3 is 2.65 bits per heavy atom. The normalized spacial score (nSPS) is 10.5. The number of rotatable bonds is 3. The van der Waals surface area contributed by atoms with Crippen LogP contribution in [0.4, 0.5) is 0 Å². The lowest BCUT2D eigenvalue weighted by Gasteiger charge is -2.00. The maximum atomic E-state index is 12.1. The van der Waals surface area contributed by atoms with Crippen molar-refractivity contribution in [1.29, 1.82) is 0 Å². The molecule has 0 radical (unpaired) electrons. The summed E-state index contributed by atoms with van der Waals surface area (Å²) in [6.45, 7) is 3.64. The number of carbonyl (C=O) groups is 1. The van der Waals surface area contributed by atoms with Crippen LogP contribution in [0.25, 0.3) is 0 Å². The van der Waals surface area contributed by atoms with Crippen molar-refractivity contribution in [3.63, 3.8) is 0 Å². The van der Waals surface area contributed by atoms with Crippen LogP contribution in [0.3, 0.4) is 0 Å². The number of hydrogen-bond donors (Lipinski definition) is 0. The lowest BCUT2D eigenvalue weighted by Crippen LogP contribution is -2.03. The van der Waals surface area contributed by atoms with E-state index in [2.05, 4.69) is 0 Å². The molecule has 0 bridgehead atoms. The van der Waals surface area contributed by atoms with E-state index in [1.54, 1.807) is 19.1 Å². The van der Waals surface area contributed by atoms with Crippen LogP contribution in [0.2, 0.25) is 5.02 Å². The summed E-state index contributed by atoms with van der Waals surface area (Å²) in [5.41, 5.74) is 1.57. The molecule has 0 fully saturated rings. The van der Waals surface area contributed by atoms with Crippen LogP contribution in [-0.2, 0) is 6.42 Å². The topological polar surface area (TPSA) is 30.2 Å². The van der Waals surface area contributed by atoms with E-state index in [0.29, 0.717) is 22.8 Å². The van der Waals surface area contributed by atoms with Crippen LogP contribution in [0.5, 0.6) is 0 Å². The fourth-order valence-electron chi connectivity index (χ4n) is 1.84. The molecule has 0 aliphatic rings. The predicted octanol–water partition coefficient (Wildman–Crippen LogP) is 3.98. The Morgan fingerprint density at radius 1 is 1.29 bits per heavy atom. The minimum Gasteiger partial charge on any atom is -0.466 e. The minimum absolute atomic E-state index is 0.0571. The summed E-state index contributed by atoms with van der Waals surface area (Å²) in [4.78, 5) is 12.1. The van der Waals surface area contributed by atoms with Crippen molar-refractivity contribution < 1.29 is 9.21 Å². The van der Waals surface area contributed by atoms with Crippen LogP contribution in [-0.4, -0.2) is 5.78 Å². The smallest absolute Gasteiger partial charge is 0.170 e. The summed E-state index contributed by atoms with van der Waals surface area (Å²) in [5.74, 6) is 1.49. The Kier molecular flexibility index (Phi) is 3.34. The zero-order chi connectivity index (χ0) is 12.4. The first-order valence-electron chi connectivity index (χ1n) is 5.41. The van der Waals surface area contributed by atoms with Crippen LogP contribution in [0.15, 0.2) is 34.7 Å². The third kappa shape index (κ3) is 2.77. The first-order chi connectivity index (χ1) is 8.06. The molecule has 3 heteroatoms. The van der Waals surface area contributed by atoms with Crippen molar-refractivity contribution in [3.8, 4) is 0 Å². The van der Waals surface area contributed by atoms with E-state index in [9.17, 15) is 4.79 Å². The van der Waals surface area contributed by atoms with Crippen LogP contribution in [0.1, 0.15) is 27.4 Å². The van der Waals surface area contributed by atoms with Gasteiger partial charge in [-0.3, -0.25) is 4.79 Å². The van der Waals surface area contributed by atoms with Crippen molar-refractivity contribution in [2.24, 2.45) is 0 Å². The number of halogens is 1. The highest BCUT2D eigenvalue weighted by molar-refractivity contribution is 6.30. The highest BCUT2D eigenvalue weighted by Crippen LogP contribution is 2.18. The number of aryl methyl sites for hydroxylation is 2. The SMILES string of the molecule is Cc1cc(C(=O)Cc2cccc(Cl)c2)c(C)o1. The second kappa shape index (κ2) is 4.76. The molecule has 17 heavy (non-hydrogen) atoms. The van der Waals surface area contributed by atoms with Gasteiger partial charge in [0.1, 0.15) is 11.5 Å². The highest BCUT2D eigenvalue weighted by atomic mass is 35.5. The van der Waals surface area contributed by atoms with Gasteiger partial charge in [-0.2, -0.15) is 0 Å². The number of Topliss-reactive ketones (excluding diaryl/α,β-unsaturated/α-hetero) is 1. The fourth-order valence-corrected chi connectivity index (χ4v) is 2.05. The van der Waals surface area contributed by atoms with Crippen LogP contribution in [0, 0.1) is 13.8 Å². The standard InChI is InChI=1S/C14H13ClO2/c1-9-6-13(10(2)17-9)14(16)8-11-4-3-5-12(15)7-11/h3-7H,8H2,1-2H3. The Balaban J connectivity index is 2.20. The van der Waals surface area contributed by atoms with Crippen LogP contribution >= 0.6 is 11.6 Å². The van der Waals surface area contributed by atoms with E-state index < -0.39 is 0 Å². The lowest BCUT2D eigenvalue weighted by molar-refractivity contribution is 0.0991. The molecule has 0 aliphatic carbocycles. The van der Waals surface area contributed by atoms with Crippen molar-refractivity contribution in [1.82, 2.24) is 0 Å². The van der Waals surface area contributed by atoms with Gasteiger partial charge in [0.05, 0.1) is 5.56 Å². The summed E-state index contributed by atoms with van der Waals surface area (Å²) in [6.07, 6.45) is 0.348. The van der Waals surface area contributed by atoms with Gasteiger partial charge >= 0.3 is 0 Å². The predicted molar refractivity (Wildman–Crippen MR) is 67.7 cm³/mol. The number of ketones is 1. The molecule has 2 aromatic rings. The first-order valence-corrected chi connectivity index (χ1v) is 5.79. The van der Waals surface area contributed by atoms with Gasteiger partial charge in [-0.05, 0) is 37.6 Å². The molecule has 0 atom stereocenters. The maximum absolute atomic E-state index is 12.1. The molecule has 2 rings (SSSR count). The van der Waals surface area contributed by atoms with E-state index in [-0.39, 0.29) is 5.78 Å². The van der Waals surface area contributed by atoms with Crippen molar-refractivity contribution in [3.05, 3.63) is 58.0 Å². The Labute approximate surface area is 105 Å². The third-order valence-electron chi connectivity index (χ3n) is 2.60. The summed E-state index contributed by atoms with van der Waals surface area (Å²) in [5, 5.41) is 0.649. The zero-order valence-electron chi connectivity index (χ0n) is 9.79. The Morgan fingerprint density at radius 2 is 2.06 bits per heavy atom. The quantitative estimate of drug-likeness (QED) is 0.770. The monoisotopic (exact) mass is 248 g/mol. The second-order valence-corrected chi connectivity index (χ2v) is 4.49. The summed E-state index contributed by atoms with van der Waals surface area (Å²) in [7, 11) is 0. The molecular formula is C14H13ClO2. The van der Waals surface area contributed by atoms with E-state index in [0.717, 1.165) is 11.3 Å². The van der Waals surface area contributed by atoms with Gasteiger partial charge in [-0.25, -0.2) is 0 Å². The maximum Gasteiger partial charge on any atom is 0.170 e. The fraction of sp³-hybridized carbons (Fsp3) is 0.214. The van der Waals surface area contributed by atoms with Crippen LogP contribution < -0.4 is 0 Å². The Hall–Kier alpha value is -1.54. The van der Waals surface area contributed by atoms with Gasteiger partial charge < -0.3 is 4.42 Å². The van der Waals surface area contributed by atoms with Gasteiger partial charge in [0.25, 0.3) is 0 Å². The average molecular weight is 249 g/mol. The largest absolute Gasteiger partial charge is 0.466 e. The molecule has 2 nitrogen and oxygen atoms in total. The Bertz CT molecular complexity index is 555. The van der Waals surface area contributed by atoms with E-state index in [1.165, 1.54) is 0 Å². The number of carbonyl (C=O) groups excluding carboxylic acids is 1. The van der Waals surface area contributed by atoms with E-state index in [1.807, 2.05) is 25.1 Å². The molecule has 1 aromatic carbocycles. The van der Waals surface area contributed by atoms with Crippen molar-refractivity contribution in [2.75, 3.05) is 0 Å². The molecule has 0 aliphatic heterocycles. The zero-order valence-corrected chi connectivity index (χ0v) is 10.5. The molecule has 88 valence electrons. The molecule has 0 unspecified atom stereocenters. The van der Waals surface area contributed by atoms with E-state index >= 15 is 0 Å². The number of benzene rings is 1. The first kappa shape index (κ1) is 11.9. The summed E-state index contributed by atoms with van der Waals surface area (Å²) >= 11 is 5.88. The molecule has 0 N–H and O–H groups in total. The third-order valence-corrected chi connectivity index (χ3v) is 2.83. The molecule has 1 aromatic heterocycles. The lowest BCUT2D eigenvalue weighted by atomic mass is 10.0. The molecular weight excluding hydrogens is 236 g/mol. The second-order valence-electron chi connectivity index (χ2n) is 4.06. The molecule has 0 saturated carbocycles. The number of furan rings is 1. The average Bonchev–Trinajstić information content (AvgIpc) is 2.58. The van der Waals surface area contributed by atoms with Gasteiger partial charge in [0, 0.05) is 11.4 Å². The van der Waals surface area contributed by atoms with Gasteiger partial charge in [-0.15, -0.1) is 0 Å². The van der Waals surface area contributed by atoms with Gasteiger partial charge in [0.2, 0.25) is 0 Å². The molecule has 0 spiro atoms. The van der Waals surface area contributed by atoms with Gasteiger partial charge in [-0.1, -0.05) is 23.7 Å². The van der Waals surface area contributed by atoms with Gasteiger partial charge in [0.15, 0.2) is 5.78 Å². The minimum atomic E-state index is 0.0571. The molecule has 1 heterocycles. The van der Waals surface area contributed by atoms with E-state index in [4.69, 9.17) is 16.0 Å². The summed E-state index contributed by atoms with van der Waals surface area (Å²) in [6, 6.07) is 9.12. The number of hydrogen-bond acceptors (Lipinski definition) is 2. The highest BCUT2D eigenvalue weighted by Gasteiger charge is 2.13. The summed E-state index contributed by atoms with van der Waals surface area (Å²) < 4.78 is 5.35. The van der Waals surface area contributed by atoms with Crippen molar-refractivity contribution in [2.45, 2.75) is 20.3 Å².